The Kier molecular flexibility index (Phi) is 6.31. The second kappa shape index (κ2) is 9.70. The minimum absolute atomic E-state index is 0.176. The van der Waals surface area contributed by atoms with Crippen LogP contribution in [0.3, 0.4) is 0 Å². The summed E-state index contributed by atoms with van der Waals surface area (Å²) >= 11 is 7.52. The summed E-state index contributed by atoms with van der Waals surface area (Å²) in [4.78, 5) is 29.8. The first-order valence-electron chi connectivity index (χ1n) is 10.8. The first-order chi connectivity index (χ1) is 17.0. The van der Waals surface area contributed by atoms with Gasteiger partial charge in [-0.1, -0.05) is 47.5 Å². The zero-order valence-electron chi connectivity index (χ0n) is 18.6. The quantitative estimate of drug-likeness (QED) is 0.260. The van der Waals surface area contributed by atoms with Crippen LogP contribution in [-0.2, 0) is 4.79 Å². The Balaban J connectivity index is 1.27. The van der Waals surface area contributed by atoms with E-state index in [1.807, 2.05) is 66.9 Å². The Hall–Kier alpha value is -4.00. The van der Waals surface area contributed by atoms with E-state index in [0.717, 1.165) is 27.4 Å². The van der Waals surface area contributed by atoms with Crippen LogP contribution in [0.4, 0.5) is 5.69 Å². The van der Waals surface area contributed by atoms with E-state index in [-0.39, 0.29) is 11.3 Å². The molecule has 0 spiro atoms. The second-order valence-corrected chi connectivity index (χ2v) is 9.26. The molecule has 0 atom stereocenters. The smallest absolute Gasteiger partial charge is 0.248 e. The Labute approximate surface area is 210 Å². The molecule has 0 radical (unpaired) electrons. The number of thiazole rings is 1. The minimum atomic E-state index is -0.347. The number of carbonyl (C=O) groups is 1. The molecule has 0 bridgehead atoms. The standard InChI is InChI=1S/C28H19ClN2O3S/c1-17-2-12-25-23(14-17)27(33)20(15-34-25)7-13-26(32)30-22-10-5-18(6-11-22)24-16-35-28(31-24)19-3-8-21(29)9-4-19/h2-16H,1H3,(H,30,32)/b13-7+. The van der Waals surface area contributed by atoms with Gasteiger partial charge in [0.2, 0.25) is 5.91 Å². The number of hydrogen-bond acceptors (Lipinski definition) is 5. The summed E-state index contributed by atoms with van der Waals surface area (Å²) in [5.41, 5.74) is 5.07. The Morgan fingerprint density at radius 3 is 2.54 bits per heavy atom. The number of halogens is 1. The lowest BCUT2D eigenvalue weighted by molar-refractivity contribution is -0.111. The van der Waals surface area contributed by atoms with Gasteiger partial charge < -0.3 is 9.73 Å². The van der Waals surface area contributed by atoms with Gasteiger partial charge in [-0.25, -0.2) is 4.98 Å². The summed E-state index contributed by atoms with van der Waals surface area (Å²) < 4.78 is 5.53. The lowest BCUT2D eigenvalue weighted by Crippen LogP contribution is -2.09. The van der Waals surface area contributed by atoms with Crippen LogP contribution in [-0.4, -0.2) is 10.9 Å². The van der Waals surface area contributed by atoms with Crippen LogP contribution in [0.1, 0.15) is 11.1 Å². The number of aromatic nitrogens is 1. The van der Waals surface area contributed by atoms with Gasteiger partial charge in [0.25, 0.3) is 0 Å². The molecule has 35 heavy (non-hydrogen) atoms. The molecule has 0 unspecified atom stereocenters. The summed E-state index contributed by atoms with van der Waals surface area (Å²) in [5, 5.41) is 6.89. The van der Waals surface area contributed by atoms with Gasteiger partial charge in [0.15, 0.2) is 5.43 Å². The van der Waals surface area contributed by atoms with E-state index < -0.39 is 0 Å². The molecule has 0 saturated carbocycles. The third-order valence-corrected chi connectivity index (χ3v) is 6.56. The van der Waals surface area contributed by atoms with Gasteiger partial charge in [-0.05, 0) is 49.4 Å². The number of carbonyl (C=O) groups excluding carboxylic acids is 1. The maximum atomic E-state index is 12.7. The third kappa shape index (κ3) is 5.09. The van der Waals surface area contributed by atoms with Gasteiger partial charge in [-0.3, -0.25) is 9.59 Å². The molecule has 1 amide bonds. The summed E-state index contributed by atoms with van der Waals surface area (Å²) in [7, 11) is 0. The van der Waals surface area contributed by atoms with Gasteiger partial charge in [0.05, 0.1) is 16.6 Å². The Morgan fingerprint density at radius 2 is 1.77 bits per heavy atom. The van der Waals surface area contributed by atoms with Crippen LogP contribution in [0.15, 0.2) is 93.7 Å². The van der Waals surface area contributed by atoms with Gasteiger partial charge >= 0.3 is 0 Å². The highest BCUT2D eigenvalue weighted by atomic mass is 35.5. The molecule has 5 aromatic rings. The number of hydrogen-bond donors (Lipinski definition) is 1. The average Bonchev–Trinajstić information content (AvgIpc) is 3.35. The average molecular weight is 499 g/mol. The largest absolute Gasteiger partial charge is 0.463 e. The SMILES string of the molecule is Cc1ccc2occ(/C=C/C(=O)Nc3ccc(-c4csc(-c5ccc(Cl)cc5)n4)cc3)c(=O)c2c1. The zero-order valence-corrected chi connectivity index (χ0v) is 20.2. The van der Waals surface area contributed by atoms with Gasteiger partial charge in [0.1, 0.15) is 16.9 Å². The van der Waals surface area contributed by atoms with Gasteiger partial charge in [0, 0.05) is 33.3 Å². The lowest BCUT2D eigenvalue weighted by atomic mass is 10.1. The van der Waals surface area contributed by atoms with E-state index in [1.165, 1.54) is 18.4 Å². The number of nitrogens with one attached hydrogen (secondary N) is 1. The van der Waals surface area contributed by atoms with Gasteiger partial charge in [-0.2, -0.15) is 0 Å². The van der Waals surface area contributed by atoms with E-state index in [0.29, 0.717) is 27.2 Å². The van der Waals surface area contributed by atoms with Crippen LogP contribution < -0.4 is 10.7 Å². The number of fused-ring (bicyclic) bond motifs is 1. The molecule has 0 aliphatic rings. The van der Waals surface area contributed by atoms with Crippen molar-refractivity contribution < 1.29 is 9.21 Å². The second-order valence-electron chi connectivity index (χ2n) is 7.96. The minimum Gasteiger partial charge on any atom is -0.463 e. The predicted octanol–water partition coefficient (Wildman–Crippen LogP) is 7.20. The molecular weight excluding hydrogens is 480 g/mol. The molecule has 5 nitrogen and oxygen atoms in total. The molecule has 0 aliphatic heterocycles. The lowest BCUT2D eigenvalue weighted by Gasteiger charge is -2.04. The number of anilines is 1. The first-order valence-corrected chi connectivity index (χ1v) is 12.1. The summed E-state index contributed by atoms with van der Waals surface area (Å²) in [5.74, 6) is -0.347. The van der Waals surface area contributed by atoms with Crippen LogP contribution in [0.25, 0.3) is 38.9 Å². The van der Waals surface area contributed by atoms with E-state index >= 15 is 0 Å². The van der Waals surface area contributed by atoms with Crippen molar-refractivity contribution in [2.75, 3.05) is 5.32 Å². The molecule has 172 valence electrons. The van der Waals surface area contributed by atoms with Crippen molar-refractivity contribution in [3.05, 3.63) is 111 Å². The molecule has 2 heterocycles. The van der Waals surface area contributed by atoms with Crippen molar-refractivity contribution >= 4 is 51.6 Å². The van der Waals surface area contributed by atoms with Crippen molar-refractivity contribution in [2.45, 2.75) is 6.92 Å². The van der Waals surface area contributed by atoms with E-state index in [4.69, 9.17) is 21.0 Å². The van der Waals surface area contributed by atoms with Crippen molar-refractivity contribution in [1.82, 2.24) is 4.98 Å². The molecule has 1 N–H and O–H groups in total. The van der Waals surface area contributed by atoms with Crippen LogP contribution in [0, 0.1) is 6.92 Å². The molecule has 5 rings (SSSR count). The van der Waals surface area contributed by atoms with E-state index in [1.54, 1.807) is 23.5 Å². The third-order valence-electron chi connectivity index (χ3n) is 5.41. The fraction of sp³-hybridized carbons (Fsp3) is 0.0357. The van der Waals surface area contributed by atoms with Crippen molar-refractivity contribution in [1.29, 1.82) is 0 Å². The summed E-state index contributed by atoms with van der Waals surface area (Å²) in [6.07, 6.45) is 4.15. The molecule has 3 aromatic carbocycles. The van der Waals surface area contributed by atoms with Crippen molar-refractivity contribution in [3.8, 4) is 21.8 Å². The highest BCUT2D eigenvalue weighted by molar-refractivity contribution is 7.13. The highest BCUT2D eigenvalue weighted by Crippen LogP contribution is 2.30. The maximum absolute atomic E-state index is 12.7. The van der Waals surface area contributed by atoms with Crippen LogP contribution in [0.5, 0.6) is 0 Å². The predicted molar refractivity (Wildman–Crippen MR) is 143 cm³/mol. The Bertz CT molecular complexity index is 1620. The van der Waals surface area contributed by atoms with Crippen LogP contribution >= 0.6 is 22.9 Å². The number of rotatable bonds is 5. The fourth-order valence-corrected chi connectivity index (χ4v) is 4.54. The highest BCUT2D eigenvalue weighted by Gasteiger charge is 2.08. The molecule has 2 aromatic heterocycles. The maximum Gasteiger partial charge on any atom is 0.248 e. The van der Waals surface area contributed by atoms with E-state index in [2.05, 4.69) is 5.32 Å². The number of amides is 1. The fourth-order valence-electron chi connectivity index (χ4n) is 3.58. The first kappa shape index (κ1) is 22.8. The normalized spacial score (nSPS) is 11.3. The Morgan fingerprint density at radius 1 is 1.03 bits per heavy atom. The molecule has 0 fully saturated rings. The van der Waals surface area contributed by atoms with Gasteiger partial charge in [-0.15, -0.1) is 11.3 Å². The molecular formula is C28H19ClN2O3S. The zero-order chi connectivity index (χ0) is 24.4. The van der Waals surface area contributed by atoms with Crippen molar-refractivity contribution in [3.63, 3.8) is 0 Å². The topological polar surface area (TPSA) is 72.2 Å². The number of nitrogens with zero attached hydrogens (tertiary/aromatic N) is 1. The molecule has 0 aliphatic carbocycles. The number of aryl methyl sites for hydroxylation is 1. The molecule has 0 saturated heterocycles. The number of benzene rings is 3. The summed E-state index contributed by atoms with van der Waals surface area (Å²) in [6, 6.07) is 20.4. The molecule has 7 heteroatoms. The monoisotopic (exact) mass is 498 g/mol. The summed E-state index contributed by atoms with van der Waals surface area (Å²) in [6.45, 7) is 1.91. The van der Waals surface area contributed by atoms with E-state index in [9.17, 15) is 9.59 Å². The van der Waals surface area contributed by atoms with Crippen LogP contribution in [0.2, 0.25) is 5.02 Å². The van der Waals surface area contributed by atoms with Crippen molar-refractivity contribution in [2.24, 2.45) is 0 Å².